The smallest absolute Gasteiger partial charge is 0.0277 e. The van der Waals surface area contributed by atoms with Crippen LogP contribution in [0.4, 0.5) is 0 Å². The molecule has 3 aliphatic rings. The van der Waals surface area contributed by atoms with Gasteiger partial charge in [-0.1, -0.05) is 35.7 Å². The molecule has 2 aromatic heterocycles. The Balaban J connectivity index is 0.00000171. The fraction of sp³-hybridized carbons (Fsp3) is 0.320. The van der Waals surface area contributed by atoms with Crippen molar-refractivity contribution in [3.05, 3.63) is 66.4 Å². The zero-order valence-corrected chi connectivity index (χ0v) is 18.9. The summed E-state index contributed by atoms with van der Waals surface area (Å²) in [6, 6.07) is 20.9. The third-order valence-corrected chi connectivity index (χ3v) is 8.32. The molecule has 2 heterocycles. The second-order valence-corrected chi connectivity index (χ2v) is 9.38. The minimum Gasteiger partial charge on any atom is -0.305 e. The van der Waals surface area contributed by atoms with Crippen LogP contribution in [0, 0.1) is 12.0 Å². The summed E-state index contributed by atoms with van der Waals surface area (Å²) in [7, 11) is 0. The molecule has 3 saturated carbocycles. The normalized spacial score (nSPS) is 23.8. The average Bonchev–Trinajstić information content (AvgIpc) is 3.14. The van der Waals surface area contributed by atoms with Crippen molar-refractivity contribution >= 4 is 31.5 Å². The molecule has 0 unspecified atom stereocenters. The third-order valence-electron chi connectivity index (χ3n) is 7.04. The van der Waals surface area contributed by atoms with Crippen LogP contribution in [0.1, 0.15) is 44.1 Å². The van der Waals surface area contributed by atoms with Crippen LogP contribution < -0.4 is 0 Å². The number of nitrogens with zero attached hydrogens (tertiary/aromatic N) is 1. The van der Waals surface area contributed by atoms with Crippen LogP contribution in [-0.4, -0.2) is 4.98 Å². The van der Waals surface area contributed by atoms with Crippen molar-refractivity contribution in [2.45, 2.75) is 43.9 Å². The first-order chi connectivity index (χ1) is 13.3. The Kier molecular flexibility index (Phi) is 4.66. The summed E-state index contributed by atoms with van der Waals surface area (Å²) in [5, 5.41) is 2.78. The molecule has 3 aliphatic carbocycles. The molecule has 0 saturated heterocycles. The Morgan fingerprint density at radius 1 is 0.893 bits per heavy atom. The van der Waals surface area contributed by atoms with Crippen LogP contribution in [-0.2, 0) is 25.5 Å². The van der Waals surface area contributed by atoms with E-state index < -0.39 is 0 Å². The summed E-state index contributed by atoms with van der Waals surface area (Å²) in [6.45, 7) is 0. The van der Waals surface area contributed by atoms with Gasteiger partial charge in [0.2, 0.25) is 0 Å². The SMILES string of the molecule is [Ir].[c-]1ccc2c(sc3c(C45CCC(CC4)CC5)cccc32)c1-c1ccccn1. The predicted octanol–water partition coefficient (Wildman–Crippen LogP) is 7.14. The molecule has 0 atom stereocenters. The monoisotopic (exact) mass is 561 g/mol. The average molecular weight is 561 g/mol. The van der Waals surface area contributed by atoms with Gasteiger partial charge in [0, 0.05) is 31.0 Å². The Bertz CT molecular complexity index is 1130. The van der Waals surface area contributed by atoms with Gasteiger partial charge in [-0.25, -0.2) is 0 Å². The Labute approximate surface area is 183 Å². The first-order valence-electron chi connectivity index (χ1n) is 10.1. The van der Waals surface area contributed by atoms with E-state index in [1.54, 1.807) is 5.56 Å². The standard InChI is InChI=1S/C25H22NS.Ir/c1-2-16-26-22(9-1)20-7-3-5-18-19-6-4-8-21(24(19)27-23(18)20)25-13-10-17(11-14-25)12-15-25;/h1-6,8-9,16-17H,10-15H2;/q-1;. The predicted molar refractivity (Wildman–Crippen MR) is 114 cm³/mol. The Morgan fingerprint density at radius 3 is 2.43 bits per heavy atom. The van der Waals surface area contributed by atoms with E-state index in [4.69, 9.17) is 0 Å². The second-order valence-electron chi connectivity index (χ2n) is 8.36. The Morgan fingerprint density at radius 2 is 1.68 bits per heavy atom. The fourth-order valence-corrected chi connectivity index (χ4v) is 6.98. The van der Waals surface area contributed by atoms with Crippen LogP contribution in [0.3, 0.4) is 0 Å². The number of pyridine rings is 1. The van der Waals surface area contributed by atoms with E-state index >= 15 is 0 Å². The molecule has 28 heavy (non-hydrogen) atoms. The molecule has 2 aromatic carbocycles. The molecule has 4 aromatic rings. The van der Waals surface area contributed by atoms with E-state index in [-0.39, 0.29) is 20.1 Å². The zero-order valence-electron chi connectivity index (χ0n) is 15.7. The van der Waals surface area contributed by atoms with Crippen LogP contribution in [0.5, 0.6) is 0 Å². The summed E-state index contributed by atoms with van der Waals surface area (Å²) in [4.78, 5) is 4.59. The topological polar surface area (TPSA) is 12.9 Å². The molecule has 0 aliphatic heterocycles. The largest absolute Gasteiger partial charge is 0.305 e. The molecule has 143 valence electrons. The first-order valence-corrected chi connectivity index (χ1v) is 10.9. The van der Waals surface area contributed by atoms with Gasteiger partial charge < -0.3 is 4.98 Å². The molecular weight excluding hydrogens is 539 g/mol. The number of hydrogen-bond donors (Lipinski definition) is 0. The molecule has 0 spiro atoms. The van der Waals surface area contributed by atoms with Gasteiger partial charge in [-0.15, -0.1) is 23.8 Å². The van der Waals surface area contributed by atoms with E-state index in [0.717, 1.165) is 17.2 Å². The van der Waals surface area contributed by atoms with Crippen LogP contribution in [0.15, 0.2) is 54.7 Å². The van der Waals surface area contributed by atoms with Crippen molar-refractivity contribution in [3.63, 3.8) is 0 Å². The van der Waals surface area contributed by atoms with Crippen molar-refractivity contribution in [1.82, 2.24) is 4.98 Å². The first kappa shape index (κ1) is 18.5. The molecule has 0 amide bonds. The van der Waals surface area contributed by atoms with E-state index in [2.05, 4.69) is 53.5 Å². The quantitative estimate of drug-likeness (QED) is 0.238. The minimum atomic E-state index is 0. The summed E-state index contributed by atoms with van der Waals surface area (Å²) in [6.07, 6.45) is 10.3. The van der Waals surface area contributed by atoms with E-state index in [0.29, 0.717) is 5.41 Å². The van der Waals surface area contributed by atoms with Crippen LogP contribution in [0.2, 0.25) is 0 Å². The number of benzene rings is 2. The molecule has 3 heteroatoms. The molecular formula is C25H22IrNS-. The summed E-state index contributed by atoms with van der Waals surface area (Å²) in [5.41, 5.74) is 4.20. The van der Waals surface area contributed by atoms with Gasteiger partial charge in [0.25, 0.3) is 0 Å². The van der Waals surface area contributed by atoms with Gasteiger partial charge in [0.1, 0.15) is 0 Å². The van der Waals surface area contributed by atoms with Crippen molar-refractivity contribution < 1.29 is 20.1 Å². The van der Waals surface area contributed by atoms with Crippen molar-refractivity contribution in [1.29, 1.82) is 0 Å². The van der Waals surface area contributed by atoms with Crippen molar-refractivity contribution in [2.75, 3.05) is 0 Å². The molecule has 2 bridgehead atoms. The third kappa shape index (κ3) is 2.71. The summed E-state index contributed by atoms with van der Waals surface area (Å²) < 4.78 is 2.84. The molecule has 1 nitrogen and oxygen atoms in total. The van der Waals surface area contributed by atoms with Crippen molar-refractivity contribution in [3.8, 4) is 11.3 Å². The Hall–Kier alpha value is -1.54. The number of aromatic nitrogens is 1. The minimum absolute atomic E-state index is 0. The van der Waals surface area contributed by atoms with E-state index in [1.807, 2.05) is 23.6 Å². The summed E-state index contributed by atoms with van der Waals surface area (Å²) >= 11 is 1.96. The van der Waals surface area contributed by atoms with Crippen LogP contribution >= 0.6 is 11.3 Å². The maximum atomic E-state index is 4.59. The number of fused-ring (bicyclic) bond motifs is 6. The number of rotatable bonds is 2. The molecule has 7 rings (SSSR count). The second kappa shape index (κ2) is 7.06. The van der Waals surface area contributed by atoms with Gasteiger partial charge >= 0.3 is 0 Å². The molecule has 1 radical (unpaired) electrons. The summed E-state index contributed by atoms with van der Waals surface area (Å²) in [5.74, 6) is 0.999. The maximum absolute atomic E-state index is 4.59. The van der Waals surface area contributed by atoms with Gasteiger partial charge in [0.15, 0.2) is 0 Å². The van der Waals surface area contributed by atoms with E-state index in [9.17, 15) is 0 Å². The number of hydrogen-bond acceptors (Lipinski definition) is 2. The molecule has 3 fully saturated rings. The van der Waals surface area contributed by atoms with Gasteiger partial charge in [-0.2, -0.15) is 11.3 Å². The van der Waals surface area contributed by atoms with Crippen LogP contribution in [0.25, 0.3) is 31.4 Å². The zero-order chi connectivity index (χ0) is 17.8. The fourth-order valence-electron chi connectivity index (χ4n) is 5.54. The molecule has 0 N–H and O–H groups in total. The van der Waals surface area contributed by atoms with Crippen molar-refractivity contribution in [2.24, 2.45) is 5.92 Å². The van der Waals surface area contributed by atoms with Gasteiger partial charge in [0.05, 0.1) is 0 Å². The maximum Gasteiger partial charge on any atom is 0.0277 e. The van der Waals surface area contributed by atoms with Gasteiger partial charge in [-0.3, -0.25) is 0 Å². The van der Waals surface area contributed by atoms with E-state index in [1.165, 1.54) is 58.7 Å². The number of thiophene rings is 1. The van der Waals surface area contributed by atoms with Gasteiger partial charge in [-0.05, 0) is 77.3 Å².